The molecule has 4 N–H and O–H groups in total. The number of anilines is 2. The SMILES string of the molecule is Cc1ccc(C(O)NC2=CC(C(F)(F)F)=C(CN3CCN(C)CC3)CC=C2)cc1CC#Cc1cnc2c(Nc3cccc(C(C)(C)O)n3)cccn12. The van der Waals surface area contributed by atoms with Crippen molar-refractivity contribution in [3.8, 4) is 11.8 Å². The minimum atomic E-state index is -4.53. The van der Waals surface area contributed by atoms with Crippen LogP contribution in [0.3, 0.4) is 0 Å². The van der Waals surface area contributed by atoms with Gasteiger partial charge in [0.2, 0.25) is 0 Å². The quantitative estimate of drug-likeness (QED) is 0.122. The summed E-state index contributed by atoms with van der Waals surface area (Å²) in [5.74, 6) is 6.99. The van der Waals surface area contributed by atoms with Crippen LogP contribution in [0.1, 0.15) is 54.6 Å². The number of alkyl halides is 3. The Bertz CT molecular complexity index is 2070. The lowest BCUT2D eigenvalue weighted by Crippen LogP contribution is -2.45. The first-order valence-corrected chi connectivity index (χ1v) is 17.3. The summed E-state index contributed by atoms with van der Waals surface area (Å²) in [7, 11) is 2.01. The normalized spacial score (nSPS) is 16.7. The average molecular weight is 712 g/mol. The lowest BCUT2D eigenvalue weighted by atomic mass is 10.0. The number of aliphatic hydroxyl groups is 2. The Kier molecular flexibility index (Phi) is 10.9. The zero-order valence-corrected chi connectivity index (χ0v) is 29.8. The lowest BCUT2D eigenvalue weighted by molar-refractivity contribution is -0.0894. The minimum Gasteiger partial charge on any atom is -0.384 e. The van der Waals surface area contributed by atoms with Crippen molar-refractivity contribution < 1.29 is 23.4 Å². The molecule has 0 bridgehead atoms. The summed E-state index contributed by atoms with van der Waals surface area (Å²) in [6.07, 6.45) is 2.80. The molecular weight excluding hydrogens is 667 g/mol. The van der Waals surface area contributed by atoms with Gasteiger partial charge in [-0.15, -0.1) is 0 Å². The highest BCUT2D eigenvalue weighted by Gasteiger charge is 2.36. The molecule has 0 saturated carbocycles. The Morgan fingerprint density at radius 1 is 1.04 bits per heavy atom. The molecule has 1 fully saturated rings. The fourth-order valence-corrected chi connectivity index (χ4v) is 6.25. The molecule has 0 amide bonds. The predicted molar refractivity (Wildman–Crippen MR) is 197 cm³/mol. The molecule has 3 aromatic heterocycles. The molecule has 0 spiro atoms. The Balaban J connectivity index is 1.16. The van der Waals surface area contributed by atoms with E-state index < -0.39 is 23.6 Å². The summed E-state index contributed by atoms with van der Waals surface area (Å²) < 4.78 is 44.8. The molecule has 12 heteroatoms. The highest BCUT2D eigenvalue weighted by atomic mass is 19.4. The van der Waals surface area contributed by atoms with Crippen LogP contribution in [0.5, 0.6) is 0 Å². The molecule has 1 atom stereocenters. The van der Waals surface area contributed by atoms with Crippen molar-refractivity contribution in [2.45, 2.75) is 51.6 Å². The smallest absolute Gasteiger partial charge is 0.384 e. The van der Waals surface area contributed by atoms with Crippen LogP contribution in [0.15, 0.2) is 96.0 Å². The third kappa shape index (κ3) is 8.92. The van der Waals surface area contributed by atoms with Crippen LogP contribution in [0.25, 0.3) is 5.65 Å². The largest absolute Gasteiger partial charge is 0.416 e. The number of halogens is 3. The number of nitrogens with one attached hydrogen (secondary N) is 2. The van der Waals surface area contributed by atoms with Gasteiger partial charge in [0.25, 0.3) is 0 Å². The number of likely N-dealkylation sites (N-methyl/N-ethyl adjacent to an activating group) is 1. The highest BCUT2D eigenvalue weighted by Crippen LogP contribution is 2.34. The Hall–Kier alpha value is -4.93. The molecule has 4 aromatic rings. The number of fused-ring (bicyclic) bond motifs is 1. The second-order valence-electron chi connectivity index (χ2n) is 13.9. The lowest BCUT2D eigenvalue weighted by Gasteiger charge is -2.33. The minimum absolute atomic E-state index is 0.185. The monoisotopic (exact) mass is 711 g/mol. The molecule has 0 radical (unpaired) electrons. The van der Waals surface area contributed by atoms with Gasteiger partial charge in [-0.1, -0.05) is 36.3 Å². The molecule has 1 saturated heterocycles. The van der Waals surface area contributed by atoms with Gasteiger partial charge in [-0.25, -0.2) is 9.97 Å². The Morgan fingerprint density at radius 3 is 2.58 bits per heavy atom. The van der Waals surface area contributed by atoms with Crippen molar-refractivity contribution in [3.05, 3.63) is 124 Å². The van der Waals surface area contributed by atoms with E-state index in [2.05, 4.69) is 42.2 Å². The van der Waals surface area contributed by atoms with Gasteiger partial charge in [0.15, 0.2) is 11.9 Å². The van der Waals surface area contributed by atoms with E-state index in [0.29, 0.717) is 40.4 Å². The number of nitrogens with zero attached hydrogens (tertiary/aromatic N) is 5. The molecule has 1 aliphatic carbocycles. The number of imidazole rings is 1. The number of hydrogen-bond donors (Lipinski definition) is 4. The number of pyridine rings is 2. The van der Waals surface area contributed by atoms with Crippen molar-refractivity contribution in [2.75, 3.05) is 45.1 Å². The molecule has 52 heavy (non-hydrogen) atoms. The van der Waals surface area contributed by atoms with Gasteiger partial charge in [0, 0.05) is 56.6 Å². The van der Waals surface area contributed by atoms with Gasteiger partial charge in [-0.2, -0.15) is 13.2 Å². The van der Waals surface area contributed by atoms with Crippen molar-refractivity contribution in [1.29, 1.82) is 0 Å². The number of rotatable bonds is 9. The molecule has 4 heterocycles. The summed E-state index contributed by atoms with van der Waals surface area (Å²) in [6.45, 7) is 8.66. The fourth-order valence-electron chi connectivity index (χ4n) is 6.25. The van der Waals surface area contributed by atoms with Crippen LogP contribution < -0.4 is 10.6 Å². The van der Waals surface area contributed by atoms with Crippen molar-refractivity contribution in [1.82, 2.24) is 29.5 Å². The van der Waals surface area contributed by atoms with Crippen molar-refractivity contribution >= 4 is 17.2 Å². The van der Waals surface area contributed by atoms with Gasteiger partial charge >= 0.3 is 6.18 Å². The van der Waals surface area contributed by atoms with E-state index in [9.17, 15) is 23.4 Å². The van der Waals surface area contributed by atoms with E-state index in [0.717, 1.165) is 49.1 Å². The molecule has 272 valence electrons. The topological polar surface area (TPSA) is 101 Å². The average Bonchev–Trinajstić information content (AvgIpc) is 3.40. The van der Waals surface area contributed by atoms with Crippen LogP contribution in [0, 0.1) is 18.8 Å². The van der Waals surface area contributed by atoms with Crippen LogP contribution in [0.4, 0.5) is 24.7 Å². The summed E-state index contributed by atoms with van der Waals surface area (Å²) in [5.41, 5.74) is 3.75. The molecule has 1 aliphatic heterocycles. The van der Waals surface area contributed by atoms with Gasteiger partial charge in [0.05, 0.1) is 23.2 Å². The molecule has 6 rings (SSSR count). The zero-order valence-electron chi connectivity index (χ0n) is 29.8. The third-order valence-electron chi connectivity index (χ3n) is 9.32. The number of hydrogen-bond acceptors (Lipinski definition) is 8. The number of piperazine rings is 1. The second kappa shape index (κ2) is 15.4. The Morgan fingerprint density at radius 2 is 1.83 bits per heavy atom. The first-order valence-electron chi connectivity index (χ1n) is 17.3. The molecule has 1 unspecified atom stereocenters. The maximum atomic E-state index is 14.3. The van der Waals surface area contributed by atoms with E-state index >= 15 is 0 Å². The summed E-state index contributed by atoms with van der Waals surface area (Å²) in [6, 6.07) is 14.6. The maximum absolute atomic E-state index is 14.3. The van der Waals surface area contributed by atoms with Crippen molar-refractivity contribution in [3.63, 3.8) is 0 Å². The number of aryl methyl sites for hydroxylation is 1. The molecule has 2 aliphatic rings. The molecular formula is C40H44F3N7O2. The van der Waals surface area contributed by atoms with Gasteiger partial charge in [0.1, 0.15) is 17.1 Å². The first-order chi connectivity index (χ1) is 24.7. The summed E-state index contributed by atoms with van der Waals surface area (Å²) >= 11 is 0. The van der Waals surface area contributed by atoms with Crippen LogP contribution in [-0.4, -0.2) is 80.3 Å². The number of aromatic nitrogens is 3. The predicted octanol–water partition coefficient (Wildman–Crippen LogP) is 6.13. The van der Waals surface area contributed by atoms with Gasteiger partial charge < -0.3 is 25.7 Å². The maximum Gasteiger partial charge on any atom is 0.416 e. The standard InChI is InChI=1S/C40H44F3N7O2/c1-27-16-17-29(38(51)45-31-11-5-10-30(33(24-31)40(41,42)43)26-49-21-19-48(4)20-22-49)23-28(27)9-6-12-32-25-44-37-34(13-8-18-50(32)37)46-36-15-7-14-35(47-36)39(2,3)52/h5,7-8,11,13-18,23-25,38,45,51-52H,9-10,19-22,26H2,1-4H3,(H,46,47). The first kappa shape index (κ1) is 36.8. The number of benzene rings is 1. The van der Waals surface area contributed by atoms with Crippen LogP contribution in [0.2, 0.25) is 0 Å². The summed E-state index contributed by atoms with van der Waals surface area (Å²) in [4.78, 5) is 13.3. The van der Waals surface area contributed by atoms with Gasteiger partial charge in [-0.3, -0.25) is 9.30 Å². The van der Waals surface area contributed by atoms with E-state index in [-0.39, 0.29) is 18.7 Å². The van der Waals surface area contributed by atoms with Crippen molar-refractivity contribution in [2.24, 2.45) is 0 Å². The van der Waals surface area contributed by atoms with E-state index in [1.807, 2.05) is 61.0 Å². The number of aliphatic hydroxyl groups excluding tert-OH is 1. The fraction of sp³-hybridized carbons (Fsp3) is 0.350. The second-order valence-corrected chi connectivity index (χ2v) is 13.9. The third-order valence-corrected chi connectivity index (χ3v) is 9.32. The van der Waals surface area contributed by atoms with Gasteiger partial charge in [-0.05, 0) is 93.3 Å². The van der Waals surface area contributed by atoms with E-state index in [4.69, 9.17) is 0 Å². The highest BCUT2D eigenvalue weighted by molar-refractivity contribution is 5.73. The molecule has 9 nitrogen and oxygen atoms in total. The zero-order chi connectivity index (χ0) is 37.0. The van der Waals surface area contributed by atoms with Crippen LogP contribution >= 0.6 is 0 Å². The van der Waals surface area contributed by atoms with Crippen LogP contribution in [-0.2, 0) is 12.0 Å². The van der Waals surface area contributed by atoms with E-state index in [1.165, 1.54) is 0 Å². The molecule has 1 aromatic carbocycles. The number of allylic oxidation sites excluding steroid dienone is 4. The Labute approximate surface area is 302 Å². The summed E-state index contributed by atoms with van der Waals surface area (Å²) in [5, 5.41) is 27.7. The van der Waals surface area contributed by atoms with E-state index in [1.54, 1.807) is 44.3 Å².